The number of piperidine rings is 1. The first-order valence-corrected chi connectivity index (χ1v) is 9.99. The van der Waals surface area contributed by atoms with Crippen molar-refractivity contribution in [1.82, 2.24) is 34.3 Å². The van der Waals surface area contributed by atoms with Crippen molar-refractivity contribution in [2.45, 2.75) is 52.5 Å². The fraction of sp³-hybridized carbons (Fsp3) is 0.550. The van der Waals surface area contributed by atoms with Crippen LogP contribution in [0.4, 0.5) is 5.82 Å². The van der Waals surface area contributed by atoms with Gasteiger partial charge in [-0.1, -0.05) is 6.92 Å². The van der Waals surface area contributed by atoms with Gasteiger partial charge in [0.15, 0.2) is 5.82 Å². The molecule has 1 atom stereocenters. The molecule has 1 unspecified atom stereocenters. The third-order valence-corrected chi connectivity index (χ3v) is 5.63. The second-order valence-corrected chi connectivity index (χ2v) is 7.57. The average molecular weight is 381 g/mol. The van der Waals surface area contributed by atoms with E-state index in [0.29, 0.717) is 12.5 Å². The van der Waals surface area contributed by atoms with Crippen molar-refractivity contribution < 1.29 is 0 Å². The largest absolute Gasteiger partial charge is 0.356 e. The van der Waals surface area contributed by atoms with Crippen LogP contribution in [-0.4, -0.2) is 47.4 Å². The molecule has 0 aromatic carbocycles. The van der Waals surface area contributed by atoms with Gasteiger partial charge in [-0.05, 0) is 33.1 Å². The van der Waals surface area contributed by atoms with Crippen molar-refractivity contribution in [2.75, 3.05) is 18.0 Å². The van der Waals surface area contributed by atoms with E-state index in [-0.39, 0.29) is 0 Å². The second-order valence-electron chi connectivity index (χ2n) is 7.57. The molecule has 0 N–H and O–H groups in total. The number of rotatable bonds is 5. The molecule has 4 rings (SSSR count). The van der Waals surface area contributed by atoms with E-state index >= 15 is 0 Å². The van der Waals surface area contributed by atoms with E-state index in [9.17, 15) is 0 Å². The zero-order chi connectivity index (χ0) is 19.7. The number of anilines is 1. The maximum atomic E-state index is 4.80. The van der Waals surface area contributed by atoms with Gasteiger partial charge in [0.1, 0.15) is 17.5 Å². The molecular weight excluding hydrogens is 352 g/mol. The molecule has 0 aliphatic carbocycles. The van der Waals surface area contributed by atoms with Gasteiger partial charge in [0, 0.05) is 49.7 Å². The highest BCUT2D eigenvalue weighted by atomic mass is 15.3. The number of hydrogen-bond acceptors (Lipinski definition) is 6. The van der Waals surface area contributed by atoms with Crippen LogP contribution < -0.4 is 4.90 Å². The van der Waals surface area contributed by atoms with Crippen LogP contribution >= 0.6 is 0 Å². The van der Waals surface area contributed by atoms with Gasteiger partial charge in [0.2, 0.25) is 0 Å². The fourth-order valence-corrected chi connectivity index (χ4v) is 4.19. The Morgan fingerprint density at radius 3 is 2.79 bits per heavy atom. The van der Waals surface area contributed by atoms with Gasteiger partial charge in [-0.2, -0.15) is 0 Å². The van der Waals surface area contributed by atoms with Gasteiger partial charge in [-0.3, -0.25) is 0 Å². The molecule has 0 bridgehead atoms. The zero-order valence-corrected chi connectivity index (χ0v) is 17.1. The van der Waals surface area contributed by atoms with Crippen LogP contribution in [0.3, 0.4) is 0 Å². The lowest BCUT2D eigenvalue weighted by atomic mass is 9.96. The molecule has 8 nitrogen and oxygen atoms in total. The average Bonchev–Trinajstić information content (AvgIpc) is 3.32. The smallest absolute Gasteiger partial charge is 0.152 e. The highest BCUT2D eigenvalue weighted by Gasteiger charge is 2.28. The Kier molecular flexibility index (Phi) is 5.11. The summed E-state index contributed by atoms with van der Waals surface area (Å²) < 4.78 is 4.16. The molecule has 28 heavy (non-hydrogen) atoms. The minimum absolute atomic E-state index is 0.350. The Balaban J connectivity index is 1.58. The van der Waals surface area contributed by atoms with E-state index in [1.54, 1.807) is 6.20 Å². The van der Waals surface area contributed by atoms with Crippen molar-refractivity contribution in [1.29, 1.82) is 0 Å². The topological polar surface area (TPSA) is 77.6 Å². The molecule has 0 radical (unpaired) electrons. The van der Waals surface area contributed by atoms with Gasteiger partial charge in [-0.15, -0.1) is 10.2 Å². The van der Waals surface area contributed by atoms with Crippen molar-refractivity contribution >= 4 is 5.82 Å². The van der Waals surface area contributed by atoms with Crippen LogP contribution in [0.15, 0.2) is 18.7 Å². The van der Waals surface area contributed by atoms with Crippen LogP contribution in [0.25, 0.3) is 0 Å². The Labute approximate surface area is 165 Å². The number of aryl methyl sites for hydroxylation is 2. The molecule has 4 heterocycles. The highest BCUT2D eigenvalue weighted by molar-refractivity contribution is 5.50. The summed E-state index contributed by atoms with van der Waals surface area (Å²) in [5, 5.41) is 8.99. The van der Waals surface area contributed by atoms with Crippen molar-refractivity contribution in [3.63, 3.8) is 0 Å². The lowest BCUT2D eigenvalue weighted by molar-refractivity contribution is 0.474. The first kappa shape index (κ1) is 18.6. The zero-order valence-electron chi connectivity index (χ0n) is 17.1. The van der Waals surface area contributed by atoms with E-state index in [4.69, 9.17) is 4.98 Å². The summed E-state index contributed by atoms with van der Waals surface area (Å²) in [5.41, 5.74) is 2.35. The highest BCUT2D eigenvalue weighted by Crippen LogP contribution is 2.31. The van der Waals surface area contributed by atoms with Gasteiger partial charge >= 0.3 is 0 Å². The third-order valence-electron chi connectivity index (χ3n) is 5.63. The standard InChI is InChI=1S/C20H28N8/c1-5-17-14(2)22-15(3)23-20(17)28-9-6-7-16(11-28)19-25-24-18(26(19)4)12-27-10-8-21-13-27/h8,10,13,16H,5-7,9,11-12H2,1-4H3. The summed E-state index contributed by atoms with van der Waals surface area (Å²) in [4.78, 5) is 15.9. The quantitative estimate of drug-likeness (QED) is 0.676. The second kappa shape index (κ2) is 7.69. The Hall–Kier alpha value is -2.77. The maximum absolute atomic E-state index is 4.80. The minimum Gasteiger partial charge on any atom is -0.356 e. The van der Waals surface area contributed by atoms with E-state index in [1.807, 2.05) is 24.0 Å². The molecule has 1 aliphatic rings. The first-order valence-electron chi connectivity index (χ1n) is 9.99. The van der Waals surface area contributed by atoms with E-state index in [2.05, 4.69) is 50.5 Å². The molecule has 8 heteroatoms. The van der Waals surface area contributed by atoms with Gasteiger partial charge < -0.3 is 14.0 Å². The normalized spacial score (nSPS) is 17.3. The van der Waals surface area contributed by atoms with Crippen LogP contribution in [0.1, 0.15) is 54.4 Å². The minimum atomic E-state index is 0.350. The lowest BCUT2D eigenvalue weighted by Crippen LogP contribution is -2.37. The fourth-order valence-electron chi connectivity index (χ4n) is 4.19. The number of hydrogen-bond donors (Lipinski definition) is 0. The predicted molar refractivity (Wildman–Crippen MR) is 107 cm³/mol. The van der Waals surface area contributed by atoms with Crippen LogP contribution in [-0.2, 0) is 20.0 Å². The Bertz CT molecular complexity index is 944. The summed E-state index contributed by atoms with van der Waals surface area (Å²) in [7, 11) is 2.07. The number of nitrogens with zero attached hydrogens (tertiary/aromatic N) is 8. The third kappa shape index (κ3) is 3.50. The molecule has 1 aliphatic heterocycles. The summed E-state index contributed by atoms with van der Waals surface area (Å²) >= 11 is 0. The summed E-state index contributed by atoms with van der Waals surface area (Å²) in [6.45, 7) is 8.87. The molecular formula is C20H28N8. The number of imidazole rings is 1. The molecule has 0 spiro atoms. The summed E-state index contributed by atoms with van der Waals surface area (Å²) in [5.74, 6) is 4.29. The molecule has 0 amide bonds. The first-order chi connectivity index (χ1) is 13.6. The Morgan fingerprint density at radius 2 is 2.04 bits per heavy atom. The van der Waals surface area contributed by atoms with Crippen molar-refractivity contribution in [3.8, 4) is 0 Å². The molecule has 3 aromatic rings. The summed E-state index contributed by atoms with van der Waals surface area (Å²) in [6, 6.07) is 0. The van der Waals surface area contributed by atoms with E-state index < -0.39 is 0 Å². The van der Waals surface area contributed by atoms with Gasteiger partial charge in [0.05, 0.1) is 12.9 Å². The van der Waals surface area contributed by atoms with Crippen LogP contribution in [0, 0.1) is 13.8 Å². The van der Waals surface area contributed by atoms with Gasteiger partial charge in [-0.25, -0.2) is 15.0 Å². The summed E-state index contributed by atoms with van der Waals surface area (Å²) in [6.07, 6.45) is 8.73. The van der Waals surface area contributed by atoms with Crippen molar-refractivity contribution in [2.24, 2.45) is 7.05 Å². The van der Waals surface area contributed by atoms with Crippen LogP contribution in [0.5, 0.6) is 0 Å². The lowest BCUT2D eigenvalue weighted by Gasteiger charge is -2.34. The molecule has 1 fully saturated rings. The van der Waals surface area contributed by atoms with E-state index in [1.165, 1.54) is 5.56 Å². The SMILES string of the molecule is CCc1c(C)nc(C)nc1N1CCCC(c2nnc(Cn3ccnc3)n2C)C1. The van der Waals surface area contributed by atoms with E-state index in [0.717, 1.165) is 61.3 Å². The molecule has 3 aromatic heterocycles. The number of aromatic nitrogens is 7. The van der Waals surface area contributed by atoms with Gasteiger partial charge in [0.25, 0.3) is 0 Å². The molecule has 148 valence electrons. The Morgan fingerprint density at radius 1 is 1.18 bits per heavy atom. The molecule has 0 saturated carbocycles. The monoisotopic (exact) mass is 380 g/mol. The predicted octanol–water partition coefficient (Wildman–Crippen LogP) is 2.41. The van der Waals surface area contributed by atoms with Crippen molar-refractivity contribution in [3.05, 3.63) is 47.5 Å². The maximum Gasteiger partial charge on any atom is 0.152 e. The van der Waals surface area contributed by atoms with Crippen LogP contribution in [0.2, 0.25) is 0 Å². The molecule has 1 saturated heterocycles.